The molecule has 1 aliphatic carbocycles. The molecule has 4 heterocycles. The Balaban J connectivity index is 1.32. The van der Waals surface area contributed by atoms with Gasteiger partial charge >= 0.3 is 0 Å². The molecule has 1 aromatic carbocycles. The highest BCUT2D eigenvalue weighted by molar-refractivity contribution is 6.30. The fourth-order valence-electron chi connectivity index (χ4n) is 6.93. The van der Waals surface area contributed by atoms with Crippen molar-refractivity contribution in [3.05, 3.63) is 71.5 Å². The van der Waals surface area contributed by atoms with Crippen molar-refractivity contribution in [2.45, 2.75) is 63.4 Å². The number of nitrogens with zero attached hydrogens (tertiary/aromatic N) is 2. The molecule has 4 aliphatic rings. The molecule has 3 amide bonds. The summed E-state index contributed by atoms with van der Waals surface area (Å²) in [5.41, 5.74) is 0.178. The van der Waals surface area contributed by atoms with Gasteiger partial charge in [0.15, 0.2) is 0 Å². The summed E-state index contributed by atoms with van der Waals surface area (Å²) in [4.78, 5) is 47.6. The minimum atomic E-state index is -1.21. The number of nitrogens with one attached hydrogen (secondary N) is 2. The Kier molecular flexibility index (Phi) is 6.71. The number of fused-ring (bicyclic) bond motifs is 1. The fourth-order valence-corrected chi connectivity index (χ4v) is 7.06. The van der Waals surface area contributed by atoms with E-state index in [1.807, 2.05) is 18.2 Å². The molecule has 2 bridgehead atoms. The van der Waals surface area contributed by atoms with Crippen LogP contribution in [-0.2, 0) is 25.7 Å². The Morgan fingerprint density at radius 2 is 1.95 bits per heavy atom. The molecule has 8 atom stereocenters. The molecule has 3 fully saturated rings. The van der Waals surface area contributed by atoms with Gasteiger partial charge in [-0.05, 0) is 54.2 Å². The summed E-state index contributed by atoms with van der Waals surface area (Å²) in [6.07, 6.45) is 9.55. The van der Waals surface area contributed by atoms with Gasteiger partial charge < -0.3 is 20.3 Å². The van der Waals surface area contributed by atoms with Gasteiger partial charge in [0.25, 0.3) is 0 Å². The minimum absolute atomic E-state index is 0.0265. The van der Waals surface area contributed by atoms with E-state index >= 15 is 0 Å². The molecule has 1 aromatic heterocycles. The highest BCUT2D eigenvalue weighted by Crippen LogP contribution is 2.55. The maximum atomic E-state index is 14.1. The van der Waals surface area contributed by atoms with Crippen molar-refractivity contribution in [1.29, 1.82) is 0 Å². The number of aromatic nitrogens is 1. The third kappa shape index (κ3) is 4.43. The molecule has 3 aliphatic heterocycles. The fraction of sp³-hybridized carbons (Fsp3) is 0.467. The molecule has 2 saturated heterocycles. The molecular weight excluding hydrogens is 516 g/mol. The Morgan fingerprint density at radius 3 is 2.69 bits per heavy atom. The molecule has 1 spiro atoms. The largest absolute Gasteiger partial charge is 0.359 e. The van der Waals surface area contributed by atoms with Crippen molar-refractivity contribution in [1.82, 2.24) is 15.2 Å². The third-order valence-corrected chi connectivity index (χ3v) is 9.40. The van der Waals surface area contributed by atoms with E-state index in [1.54, 1.807) is 47.6 Å². The topological polar surface area (TPSA) is 101 Å². The standard InChI is InChI=1S/C30H33ClN4O4/c1-17-5-3-7-22(18(17)2)34-28(37)26-30-13-12-23(39-30)24(27(36)33-21-10-8-20(31)9-11-21)25(30)29(38)35(26)16-19-6-4-14-32-15-19/h4,6,8-15,17-18,22-26H,3,5,7,16H2,1-2H3,(H,33,36)(H,34,37)/t17-,18-,22+,23-,24+,25-,26+,30+/m1/s1. The van der Waals surface area contributed by atoms with E-state index in [-0.39, 0.29) is 30.3 Å². The van der Waals surface area contributed by atoms with Gasteiger partial charge in [-0.25, -0.2) is 0 Å². The average Bonchev–Trinajstić information content (AvgIpc) is 3.56. The quantitative estimate of drug-likeness (QED) is 0.532. The molecule has 2 N–H and O–H groups in total. The molecular formula is C30H33ClN4O4. The van der Waals surface area contributed by atoms with Crippen molar-refractivity contribution in [3.63, 3.8) is 0 Å². The lowest BCUT2D eigenvalue weighted by Gasteiger charge is -2.38. The van der Waals surface area contributed by atoms with Crippen LogP contribution in [-0.4, -0.2) is 51.4 Å². The lowest BCUT2D eigenvalue weighted by atomic mass is 9.73. The summed E-state index contributed by atoms with van der Waals surface area (Å²) in [5.74, 6) is -1.54. The highest BCUT2D eigenvalue weighted by Gasteiger charge is 2.72. The van der Waals surface area contributed by atoms with Crippen LogP contribution in [0.5, 0.6) is 0 Å². The van der Waals surface area contributed by atoms with Crippen molar-refractivity contribution < 1.29 is 19.1 Å². The van der Waals surface area contributed by atoms with Gasteiger partial charge in [0.05, 0.1) is 17.9 Å². The molecule has 9 heteroatoms. The molecule has 6 rings (SSSR count). The second-order valence-electron chi connectivity index (χ2n) is 11.4. The van der Waals surface area contributed by atoms with Gasteiger partial charge in [-0.3, -0.25) is 19.4 Å². The Hall–Kier alpha value is -3.23. The lowest BCUT2D eigenvalue weighted by molar-refractivity contribution is -0.142. The number of pyridine rings is 1. The number of halogens is 1. The number of anilines is 1. The Bertz CT molecular complexity index is 1300. The Morgan fingerprint density at radius 1 is 1.15 bits per heavy atom. The molecule has 1 saturated carbocycles. The summed E-state index contributed by atoms with van der Waals surface area (Å²) < 4.78 is 6.45. The first-order valence-corrected chi connectivity index (χ1v) is 14.1. The monoisotopic (exact) mass is 548 g/mol. The molecule has 2 aromatic rings. The maximum absolute atomic E-state index is 14.1. The van der Waals surface area contributed by atoms with Crippen LogP contribution in [0.25, 0.3) is 0 Å². The summed E-state index contributed by atoms with van der Waals surface area (Å²) >= 11 is 6.00. The van der Waals surface area contributed by atoms with E-state index < -0.39 is 29.6 Å². The first kappa shape index (κ1) is 26.0. The van der Waals surface area contributed by atoms with E-state index in [2.05, 4.69) is 29.5 Å². The second kappa shape index (κ2) is 10.1. The zero-order chi connectivity index (χ0) is 27.3. The number of amides is 3. The van der Waals surface area contributed by atoms with E-state index in [1.165, 1.54) is 0 Å². The van der Waals surface area contributed by atoms with Gasteiger partial charge in [-0.2, -0.15) is 0 Å². The van der Waals surface area contributed by atoms with E-state index in [0.717, 1.165) is 24.8 Å². The lowest BCUT2D eigenvalue weighted by Crippen LogP contribution is -2.57. The zero-order valence-electron chi connectivity index (χ0n) is 22.0. The van der Waals surface area contributed by atoms with Crippen LogP contribution in [0, 0.1) is 23.7 Å². The third-order valence-electron chi connectivity index (χ3n) is 9.15. The number of likely N-dealkylation sites (tertiary alicyclic amines) is 1. The summed E-state index contributed by atoms with van der Waals surface area (Å²) in [6, 6.07) is 9.64. The number of ether oxygens (including phenoxy) is 1. The molecule has 0 unspecified atom stereocenters. The van der Waals surface area contributed by atoms with Crippen molar-refractivity contribution >= 4 is 35.0 Å². The van der Waals surface area contributed by atoms with Crippen molar-refractivity contribution in [2.24, 2.45) is 23.7 Å². The first-order valence-electron chi connectivity index (χ1n) is 13.7. The molecule has 0 radical (unpaired) electrons. The number of carbonyl (C=O) groups excluding carboxylic acids is 3. The maximum Gasteiger partial charge on any atom is 0.246 e. The number of rotatable bonds is 6. The average molecular weight is 549 g/mol. The predicted octanol–water partition coefficient (Wildman–Crippen LogP) is 3.97. The van der Waals surface area contributed by atoms with Crippen LogP contribution < -0.4 is 10.6 Å². The SMILES string of the molecule is C[C@@H]1[C@H](C)CCC[C@@H]1NC(=O)[C@@H]1N(Cc2cccnc2)C(=O)[C@H]2[C@@H](C(=O)Nc3ccc(Cl)cc3)[C@H]3C=C[C@@]12O3. The highest BCUT2D eigenvalue weighted by atomic mass is 35.5. The van der Waals surface area contributed by atoms with Crippen LogP contribution in [0.1, 0.15) is 38.7 Å². The second-order valence-corrected chi connectivity index (χ2v) is 11.8. The molecule has 204 valence electrons. The summed E-state index contributed by atoms with van der Waals surface area (Å²) in [6.45, 7) is 4.60. The van der Waals surface area contributed by atoms with Gasteiger partial charge in [0, 0.05) is 35.7 Å². The van der Waals surface area contributed by atoms with Gasteiger partial charge in [0.1, 0.15) is 11.6 Å². The van der Waals surface area contributed by atoms with Crippen LogP contribution in [0.15, 0.2) is 60.9 Å². The normalized spacial score (nSPS) is 34.7. The first-order chi connectivity index (χ1) is 18.8. The van der Waals surface area contributed by atoms with Gasteiger partial charge in [-0.15, -0.1) is 0 Å². The molecule has 8 nitrogen and oxygen atoms in total. The zero-order valence-corrected chi connectivity index (χ0v) is 22.8. The van der Waals surface area contributed by atoms with Crippen molar-refractivity contribution in [3.8, 4) is 0 Å². The van der Waals surface area contributed by atoms with E-state index in [9.17, 15) is 14.4 Å². The van der Waals surface area contributed by atoms with Crippen LogP contribution >= 0.6 is 11.6 Å². The van der Waals surface area contributed by atoms with Gasteiger partial charge in [0.2, 0.25) is 17.7 Å². The van der Waals surface area contributed by atoms with E-state index in [4.69, 9.17) is 16.3 Å². The summed E-state index contributed by atoms with van der Waals surface area (Å²) in [5, 5.41) is 6.76. The van der Waals surface area contributed by atoms with Gasteiger partial charge in [-0.1, -0.05) is 56.5 Å². The van der Waals surface area contributed by atoms with Crippen molar-refractivity contribution in [2.75, 3.05) is 5.32 Å². The number of benzene rings is 1. The smallest absolute Gasteiger partial charge is 0.246 e. The predicted molar refractivity (Wildman–Crippen MR) is 146 cm³/mol. The van der Waals surface area contributed by atoms with E-state index in [0.29, 0.717) is 22.5 Å². The van der Waals surface area contributed by atoms with Crippen LogP contribution in [0.3, 0.4) is 0 Å². The molecule has 39 heavy (non-hydrogen) atoms. The minimum Gasteiger partial charge on any atom is -0.359 e. The van der Waals surface area contributed by atoms with Crippen LogP contribution in [0.2, 0.25) is 5.02 Å². The Labute approximate surface area is 233 Å². The number of hydrogen-bond acceptors (Lipinski definition) is 5. The number of hydrogen-bond donors (Lipinski definition) is 2. The number of carbonyl (C=O) groups is 3. The van der Waals surface area contributed by atoms with Crippen LogP contribution in [0.4, 0.5) is 5.69 Å². The summed E-state index contributed by atoms with van der Waals surface area (Å²) in [7, 11) is 0.